The van der Waals surface area contributed by atoms with Crippen LogP contribution in [0.4, 0.5) is 0 Å². The maximum atomic E-state index is 11.9. The molecule has 0 radical (unpaired) electrons. The molecule has 1 rings (SSSR count). The molecule has 0 bridgehead atoms. The van der Waals surface area contributed by atoms with Gasteiger partial charge in [-0.3, -0.25) is 4.79 Å². The third-order valence-corrected chi connectivity index (χ3v) is 4.07. The molecule has 0 aliphatic carbocycles. The molecule has 2 N–H and O–H groups in total. The van der Waals surface area contributed by atoms with E-state index in [-0.39, 0.29) is 23.9 Å². The summed E-state index contributed by atoms with van der Waals surface area (Å²) in [6, 6.07) is 4.57. The summed E-state index contributed by atoms with van der Waals surface area (Å²) in [6.07, 6.45) is 0. The topological polar surface area (TPSA) is 75.3 Å². The number of carbonyl (C=O) groups is 1. The quantitative estimate of drug-likeness (QED) is 0.796. The highest BCUT2D eigenvalue weighted by Crippen LogP contribution is 2.19. The Morgan fingerprint density at radius 3 is 2.56 bits per heavy atom. The van der Waals surface area contributed by atoms with Gasteiger partial charge in [-0.05, 0) is 30.7 Å². The van der Waals surface area contributed by atoms with Crippen LogP contribution in [-0.4, -0.2) is 27.4 Å². The van der Waals surface area contributed by atoms with Crippen molar-refractivity contribution in [1.29, 1.82) is 0 Å². The molecule has 0 saturated heterocycles. The van der Waals surface area contributed by atoms with Gasteiger partial charge >= 0.3 is 0 Å². The molecule has 1 aromatic carbocycles. The van der Waals surface area contributed by atoms with Crippen molar-refractivity contribution < 1.29 is 13.2 Å². The van der Waals surface area contributed by atoms with Gasteiger partial charge in [0.15, 0.2) is 0 Å². The van der Waals surface area contributed by atoms with Gasteiger partial charge in [0.25, 0.3) is 0 Å². The second kappa shape index (κ2) is 6.17. The van der Waals surface area contributed by atoms with Gasteiger partial charge in [-0.2, -0.15) is 0 Å². The van der Waals surface area contributed by atoms with E-state index in [1.165, 1.54) is 19.1 Å². The second-order valence-corrected chi connectivity index (χ2v) is 5.96. The van der Waals surface area contributed by atoms with Crippen LogP contribution in [0.3, 0.4) is 0 Å². The van der Waals surface area contributed by atoms with Crippen LogP contribution >= 0.6 is 11.6 Å². The number of aryl methyl sites for hydroxylation is 1. The second-order valence-electron chi connectivity index (χ2n) is 3.79. The van der Waals surface area contributed by atoms with Crippen molar-refractivity contribution in [3.63, 3.8) is 0 Å². The zero-order chi connectivity index (χ0) is 13.8. The SMILES string of the molecule is CC(=O)NCCNS(=O)(=O)c1ccc(Cl)cc1C. The number of halogens is 1. The molecular weight excluding hydrogens is 276 g/mol. The first kappa shape index (κ1) is 14.9. The predicted molar refractivity (Wildman–Crippen MR) is 70.1 cm³/mol. The minimum Gasteiger partial charge on any atom is -0.355 e. The van der Waals surface area contributed by atoms with E-state index < -0.39 is 10.0 Å². The first-order valence-corrected chi connectivity index (χ1v) is 7.19. The maximum Gasteiger partial charge on any atom is 0.240 e. The molecule has 7 heteroatoms. The van der Waals surface area contributed by atoms with Crippen LogP contribution in [-0.2, 0) is 14.8 Å². The fourth-order valence-corrected chi connectivity index (χ4v) is 2.90. The van der Waals surface area contributed by atoms with Crippen LogP contribution in [0.15, 0.2) is 23.1 Å². The van der Waals surface area contributed by atoms with Crippen molar-refractivity contribution in [2.24, 2.45) is 0 Å². The molecule has 0 saturated carbocycles. The summed E-state index contributed by atoms with van der Waals surface area (Å²) in [6.45, 7) is 3.44. The Hall–Kier alpha value is -1.11. The van der Waals surface area contributed by atoms with Gasteiger partial charge in [0, 0.05) is 25.0 Å². The van der Waals surface area contributed by atoms with Crippen molar-refractivity contribution in [2.45, 2.75) is 18.7 Å². The number of hydrogen-bond donors (Lipinski definition) is 2. The zero-order valence-electron chi connectivity index (χ0n) is 10.2. The molecule has 0 spiro atoms. The molecule has 0 heterocycles. The smallest absolute Gasteiger partial charge is 0.240 e. The lowest BCUT2D eigenvalue weighted by Crippen LogP contribution is -2.33. The number of hydrogen-bond acceptors (Lipinski definition) is 3. The standard InChI is InChI=1S/C11H15ClN2O3S/c1-8-7-10(12)3-4-11(8)18(16,17)14-6-5-13-9(2)15/h3-4,7,14H,5-6H2,1-2H3,(H,13,15). The van der Waals surface area contributed by atoms with Crippen LogP contribution in [0.1, 0.15) is 12.5 Å². The molecule has 0 aliphatic rings. The lowest BCUT2D eigenvalue weighted by molar-refractivity contribution is -0.118. The van der Waals surface area contributed by atoms with E-state index in [2.05, 4.69) is 10.0 Å². The fourth-order valence-electron chi connectivity index (χ4n) is 1.42. The summed E-state index contributed by atoms with van der Waals surface area (Å²) >= 11 is 5.77. The van der Waals surface area contributed by atoms with E-state index in [9.17, 15) is 13.2 Å². The Morgan fingerprint density at radius 2 is 2.00 bits per heavy atom. The Balaban J connectivity index is 2.71. The average Bonchev–Trinajstić information content (AvgIpc) is 2.23. The van der Waals surface area contributed by atoms with E-state index in [0.29, 0.717) is 10.6 Å². The Kier molecular flexibility index (Phi) is 5.13. The third-order valence-electron chi connectivity index (χ3n) is 2.22. The molecule has 100 valence electrons. The van der Waals surface area contributed by atoms with Gasteiger partial charge in [-0.1, -0.05) is 11.6 Å². The largest absolute Gasteiger partial charge is 0.355 e. The minimum atomic E-state index is -3.57. The molecule has 18 heavy (non-hydrogen) atoms. The summed E-state index contributed by atoms with van der Waals surface area (Å²) < 4.78 is 26.3. The summed E-state index contributed by atoms with van der Waals surface area (Å²) in [5.41, 5.74) is 0.578. The lowest BCUT2D eigenvalue weighted by Gasteiger charge is -2.09. The molecular formula is C11H15ClN2O3S. The molecule has 0 unspecified atom stereocenters. The third kappa shape index (κ3) is 4.29. The van der Waals surface area contributed by atoms with E-state index in [4.69, 9.17) is 11.6 Å². The van der Waals surface area contributed by atoms with Gasteiger partial charge in [0.05, 0.1) is 4.90 Å². The van der Waals surface area contributed by atoms with Crippen molar-refractivity contribution in [1.82, 2.24) is 10.0 Å². The Labute approximate surface area is 112 Å². The van der Waals surface area contributed by atoms with E-state index in [0.717, 1.165) is 0 Å². The van der Waals surface area contributed by atoms with Crippen LogP contribution in [0.25, 0.3) is 0 Å². The highest BCUT2D eigenvalue weighted by Gasteiger charge is 2.15. The maximum absolute atomic E-state index is 11.9. The Bertz CT molecular complexity index is 543. The van der Waals surface area contributed by atoms with Crippen molar-refractivity contribution in [3.05, 3.63) is 28.8 Å². The summed E-state index contributed by atoms with van der Waals surface area (Å²) in [7, 11) is -3.57. The molecule has 5 nitrogen and oxygen atoms in total. The van der Waals surface area contributed by atoms with Crippen molar-refractivity contribution in [2.75, 3.05) is 13.1 Å². The number of sulfonamides is 1. The number of carbonyl (C=O) groups excluding carboxylic acids is 1. The molecule has 1 amide bonds. The summed E-state index contributed by atoms with van der Waals surface area (Å²) in [5, 5.41) is 3.00. The highest BCUT2D eigenvalue weighted by molar-refractivity contribution is 7.89. The fraction of sp³-hybridized carbons (Fsp3) is 0.364. The van der Waals surface area contributed by atoms with E-state index >= 15 is 0 Å². The molecule has 0 atom stereocenters. The number of nitrogens with one attached hydrogen (secondary N) is 2. The highest BCUT2D eigenvalue weighted by atomic mass is 35.5. The van der Waals surface area contributed by atoms with Crippen LogP contribution in [0.2, 0.25) is 5.02 Å². The van der Waals surface area contributed by atoms with Gasteiger partial charge in [0.2, 0.25) is 15.9 Å². The molecule has 0 fully saturated rings. The van der Waals surface area contributed by atoms with E-state index in [1.807, 2.05) is 0 Å². The van der Waals surface area contributed by atoms with Crippen molar-refractivity contribution >= 4 is 27.5 Å². The number of amides is 1. The van der Waals surface area contributed by atoms with E-state index in [1.54, 1.807) is 13.0 Å². The number of rotatable bonds is 5. The van der Waals surface area contributed by atoms with Crippen LogP contribution in [0.5, 0.6) is 0 Å². The summed E-state index contributed by atoms with van der Waals surface area (Å²) in [5.74, 6) is -0.197. The molecule has 0 aliphatic heterocycles. The molecule has 0 aromatic heterocycles. The minimum absolute atomic E-state index is 0.143. The summed E-state index contributed by atoms with van der Waals surface area (Å²) in [4.78, 5) is 10.8. The van der Waals surface area contributed by atoms with Gasteiger partial charge in [0.1, 0.15) is 0 Å². The average molecular weight is 291 g/mol. The van der Waals surface area contributed by atoms with Crippen molar-refractivity contribution in [3.8, 4) is 0 Å². The zero-order valence-corrected chi connectivity index (χ0v) is 11.7. The van der Waals surface area contributed by atoms with Crippen LogP contribution < -0.4 is 10.0 Å². The monoisotopic (exact) mass is 290 g/mol. The Morgan fingerprint density at radius 1 is 1.33 bits per heavy atom. The predicted octanol–water partition coefficient (Wildman–Crippen LogP) is 1.06. The number of benzene rings is 1. The lowest BCUT2D eigenvalue weighted by atomic mass is 10.2. The molecule has 1 aromatic rings. The first-order valence-electron chi connectivity index (χ1n) is 5.33. The first-order chi connectivity index (χ1) is 8.33. The van der Waals surface area contributed by atoms with Crippen LogP contribution in [0, 0.1) is 6.92 Å². The van der Waals surface area contributed by atoms with Gasteiger partial charge in [-0.15, -0.1) is 0 Å². The van der Waals surface area contributed by atoms with Gasteiger partial charge in [-0.25, -0.2) is 13.1 Å². The van der Waals surface area contributed by atoms with Gasteiger partial charge < -0.3 is 5.32 Å². The normalized spacial score (nSPS) is 11.3.